The molecule has 0 bridgehead atoms. The molecule has 1 N–H and O–H groups in total. The minimum atomic E-state index is 0.670. The van der Waals surface area contributed by atoms with Gasteiger partial charge in [-0.05, 0) is 53.8 Å². The Morgan fingerprint density at radius 3 is 2.36 bits per heavy atom. The fourth-order valence-electron chi connectivity index (χ4n) is 1.49. The first-order chi connectivity index (χ1) is 6.61. The highest BCUT2D eigenvalue weighted by molar-refractivity contribution is 4.62. The number of nitrogens with one attached hydrogen (secondary N) is 1. The van der Waals surface area contributed by atoms with E-state index in [9.17, 15) is 0 Å². The van der Waals surface area contributed by atoms with E-state index in [1.165, 1.54) is 32.2 Å². The zero-order valence-corrected chi connectivity index (χ0v) is 10.6. The Labute approximate surface area is 90.1 Å². The van der Waals surface area contributed by atoms with E-state index in [-0.39, 0.29) is 0 Å². The number of nitrogens with zero attached hydrogens (tertiary/aromatic N) is 1. The largest absolute Gasteiger partial charge is 0.317 e. The zero-order chi connectivity index (χ0) is 11.0. The van der Waals surface area contributed by atoms with Crippen molar-refractivity contribution in [2.24, 2.45) is 0 Å². The maximum absolute atomic E-state index is 3.27. The van der Waals surface area contributed by atoms with Crippen molar-refractivity contribution in [3.63, 3.8) is 0 Å². The third kappa shape index (κ3) is 6.39. The Kier molecular flexibility index (Phi) is 8.20. The van der Waals surface area contributed by atoms with Gasteiger partial charge in [0, 0.05) is 12.1 Å². The molecule has 0 saturated heterocycles. The van der Waals surface area contributed by atoms with Crippen molar-refractivity contribution in [1.29, 1.82) is 0 Å². The van der Waals surface area contributed by atoms with Crippen LogP contribution >= 0.6 is 0 Å². The molecule has 0 heterocycles. The van der Waals surface area contributed by atoms with Gasteiger partial charge >= 0.3 is 0 Å². The zero-order valence-electron chi connectivity index (χ0n) is 10.6. The van der Waals surface area contributed by atoms with Gasteiger partial charge in [-0.1, -0.05) is 13.3 Å². The van der Waals surface area contributed by atoms with Gasteiger partial charge in [-0.2, -0.15) is 0 Å². The van der Waals surface area contributed by atoms with E-state index in [1.54, 1.807) is 0 Å². The van der Waals surface area contributed by atoms with Gasteiger partial charge in [-0.3, -0.25) is 0 Å². The van der Waals surface area contributed by atoms with Crippen LogP contribution in [0.1, 0.15) is 46.5 Å². The summed E-state index contributed by atoms with van der Waals surface area (Å²) in [6.45, 7) is 8.05. The Balaban J connectivity index is 3.35. The molecular formula is C12H28N2. The molecule has 0 amide bonds. The monoisotopic (exact) mass is 200 g/mol. The van der Waals surface area contributed by atoms with E-state index in [2.05, 4.69) is 38.0 Å². The van der Waals surface area contributed by atoms with Gasteiger partial charge in [0.2, 0.25) is 0 Å². The highest BCUT2D eigenvalue weighted by Crippen LogP contribution is 2.05. The van der Waals surface area contributed by atoms with Gasteiger partial charge in [-0.25, -0.2) is 0 Å². The van der Waals surface area contributed by atoms with Crippen LogP contribution in [0, 0.1) is 0 Å². The predicted octanol–water partition coefficient (Wildman–Crippen LogP) is 2.49. The lowest BCUT2D eigenvalue weighted by Gasteiger charge is -2.23. The molecule has 0 aromatic rings. The fraction of sp³-hybridized carbons (Fsp3) is 1.00. The van der Waals surface area contributed by atoms with E-state index in [0.717, 1.165) is 6.04 Å². The van der Waals surface area contributed by atoms with E-state index in [1.807, 2.05) is 7.05 Å². The summed E-state index contributed by atoms with van der Waals surface area (Å²) >= 11 is 0. The lowest BCUT2D eigenvalue weighted by Crippen LogP contribution is -2.29. The average molecular weight is 200 g/mol. The van der Waals surface area contributed by atoms with Gasteiger partial charge in [0.05, 0.1) is 0 Å². The van der Waals surface area contributed by atoms with Crippen LogP contribution in [-0.2, 0) is 0 Å². The summed E-state index contributed by atoms with van der Waals surface area (Å²) in [5, 5.41) is 3.27. The minimum absolute atomic E-state index is 0.670. The highest BCUT2D eigenvalue weighted by atomic mass is 15.1. The molecule has 0 aliphatic carbocycles. The normalized spacial score (nSPS) is 15.9. The predicted molar refractivity (Wildman–Crippen MR) is 64.8 cm³/mol. The molecular weight excluding hydrogens is 172 g/mol. The van der Waals surface area contributed by atoms with Crippen LogP contribution in [0.4, 0.5) is 0 Å². The van der Waals surface area contributed by atoms with Crippen LogP contribution in [0.2, 0.25) is 0 Å². The highest BCUT2D eigenvalue weighted by Gasteiger charge is 2.05. The number of rotatable bonds is 8. The molecule has 0 aliphatic heterocycles. The summed E-state index contributed by atoms with van der Waals surface area (Å²) in [4.78, 5) is 2.46. The van der Waals surface area contributed by atoms with E-state index >= 15 is 0 Å². The third-order valence-corrected chi connectivity index (χ3v) is 3.23. The molecule has 2 atom stereocenters. The Morgan fingerprint density at radius 2 is 1.86 bits per heavy atom. The smallest absolute Gasteiger partial charge is 0.00612 e. The first kappa shape index (κ1) is 13.9. The van der Waals surface area contributed by atoms with E-state index < -0.39 is 0 Å². The van der Waals surface area contributed by atoms with Crippen molar-refractivity contribution in [2.75, 3.05) is 20.6 Å². The van der Waals surface area contributed by atoms with Crippen LogP contribution in [0.3, 0.4) is 0 Å². The quantitative estimate of drug-likeness (QED) is 0.606. The van der Waals surface area contributed by atoms with Gasteiger partial charge in [0.15, 0.2) is 0 Å². The molecule has 2 unspecified atom stereocenters. The molecule has 2 heteroatoms. The summed E-state index contributed by atoms with van der Waals surface area (Å²) in [6.07, 6.45) is 5.21. The molecule has 0 saturated carbocycles. The lowest BCUT2D eigenvalue weighted by atomic mass is 10.1. The standard InChI is InChI=1S/C12H28N2/c1-6-12(3)14(5)10-8-7-9-11(2)13-4/h11-13H,6-10H2,1-5H3. The molecule has 0 aromatic carbocycles. The topological polar surface area (TPSA) is 15.3 Å². The van der Waals surface area contributed by atoms with Crippen molar-refractivity contribution < 1.29 is 0 Å². The van der Waals surface area contributed by atoms with Crippen molar-refractivity contribution in [3.8, 4) is 0 Å². The summed E-state index contributed by atoms with van der Waals surface area (Å²) < 4.78 is 0. The molecule has 0 aliphatic rings. The molecule has 0 radical (unpaired) electrons. The number of hydrogen-bond acceptors (Lipinski definition) is 2. The number of hydrogen-bond donors (Lipinski definition) is 1. The molecule has 14 heavy (non-hydrogen) atoms. The van der Waals surface area contributed by atoms with E-state index in [4.69, 9.17) is 0 Å². The fourth-order valence-corrected chi connectivity index (χ4v) is 1.49. The summed E-state index contributed by atoms with van der Waals surface area (Å²) in [5.74, 6) is 0. The minimum Gasteiger partial charge on any atom is -0.317 e. The second-order valence-corrected chi connectivity index (χ2v) is 4.42. The average Bonchev–Trinajstić information content (AvgIpc) is 2.22. The van der Waals surface area contributed by atoms with Crippen LogP contribution in [0.15, 0.2) is 0 Å². The van der Waals surface area contributed by atoms with Crippen molar-refractivity contribution in [2.45, 2.75) is 58.5 Å². The van der Waals surface area contributed by atoms with Crippen LogP contribution in [-0.4, -0.2) is 37.6 Å². The van der Waals surface area contributed by atoms with Gasteiger partial charge in [0.1, 0.15) is 0 Å². The summed E-state index contributed by atoms with van der Waals surface area (Å²) in [7, 11) is 4.27. The van der Waals surface area contributed by atoms with Crippen LogP contribution in [0.5, 0.6) is 0 Å². The Bertz CT molecular complexity index is 125. The van der Waals surface area contributed by atoms with Crippen LogP contribution < -0.4 is 5.32 Å². The van der Waals surface area contributed by atoms with Gasteiger partial charge in [-0.15, -0.1) is 0 Å². The van der Waals surface area contributed by atoms with Crippen molar-refractivity contribution >= 4 is 0 Å². The maximum Gasteiger partial charge on any atom is 0.00612 e. The van der Waals surface area contributed by atoms with Gasteiger partial charge < -0.3 is 10.2 Å². The lowest BCUT2D eigenvalue weighted by molar-refractivity contribution is 0.245. The SMILES string of the molecule is CCC(C)N(C)CCCCC(C)NC. The molecule has 0 rings (SSSR count). The first-order valence-electron chi connectivity index (χ1n) is 5.99. The molecule has 0 spiro atoms. The molecule has 0 fully saturated rings. The van der Waals surface area contributed by atoms with Gasteiger partial charge in [0.25, 0.3) is 0 Å². The van der Waals surface area contributed by atoms with Crippen LogP contribution in [0.25, 0.3) is 0 Å². The van der Waals surface area contributed by atoms with Crippen molar-refractivity contribution in [3.05, 3.63) is 0 Å². The second kappa shape index (κ2) is 8.25. The molecule has 86 valence electrons. The summed E-state index contributed by atoms with van der Waals surface area (Å²) in [6, 6.07) is 1.40. The second-order valence-electron chi connectivity index (χ2n) is 4.42. The summed E-state index contributed by atoms with van der Waals surface area (Å²) in [5.41, 5.74) is 0. The maximum atomic E-state index is 3.27. The Hall–Kier alpha value is -0.0800. The van der Waals surface area contributed by atoms with E-state index in [0.29, 0.717) is 6.04 Å². The van der Waals surface area contributed by atoms with Crippen molar-refractivity contribution in [1.82, 2.24) is 10.2 Å². The number of unbranched alkanes of at least 4 members (excludes halogenated alkanes) is 1. The third-order valence-electron chi connectivity index (χ3n) is 3.23. The Morgan fingerprint density at radius 1 is 1.21 bits per heavy atom. The first-order valence-corrected chi connectivity index (χ1v) is 5.99. The molecule has 2 nitrogen and oxygen atoms in total. The molecule has 0 aromatic heterocycles.